The van der Waals surface area contributed by atoms with Crippen molar-refractivity contribution in [3.8, 4) is 0 Å². The van der Waals surface area contributed by atoms with Crippen molar-refractivity contribution in [2.75, 3.05) is 5.73 Å². The van der Waals surface area contributed by atoms with Crippen LogP contribution >= 0.6 is 0 Å². The van der Waals surface area contributed by atoms with E-state index in [1.807, 2.05) is 24.3 Å². The van der Waals surface area contributed by atoms with E-state index in [0.717, 1.165) is 24.8 Å². The van der Waals surface area contributed by atoms with Crippen LogP contribution in [0.4, 0.5) is 5.69 Å². The van der Waals surface area contributed by atoms with E-state index in [9.17, 15) is 9.59 Å². The Kier molecular flexibility index (Phi) is 8.16. The number of carbonyl (C=O) groups excluding carboxylic acids is 2. The zero-order chi connectivity index (χ0) is 22.3. The lowest BCUT2D eigenvalue weighted by atomic mass is 9.68. The molecule has 170 valence electrons. The van der Waals surface area contributed by atoms with E-state index in [2.05, 4.69) is 19.2 Å². The van der Waals surface area contributed by atoms with Crippen molar-refractivity contribution in [3.05, 3.63) is 41.7 Å². The molecule has 1 saturated carbocycles. The Morgan fingerprint density at radius 2 is 1.87 bits per heavy atom. The third-order valence-electron chi connectivity index (χ3n) is 6.97. The first kappa shape index (κ1) is 23.4. The molecule has 0 aromatic heterocycles. The second-order valence-electron chi connectivity index (χ2n) is 9.30. The number of nitrogens with one attached hydrogen (secondary N) is 1. The SMILES string of the molecule is CCCCCCC(CCC)C1CCCC(OC2=CC(=O)NC2=O)(c2ccc(N)cc2)C1. The van der Waals surface area contributed by atoms with Crippen LogP contribution in [0.2, 0.25) is 0 Å². The van der Waals surface area contributed by atoms with E-state index in [-0.39, 0.29) is 5.76 Å². The predicted molar refractivity (Wildman–Crippen MR) is 124 cm³/mol. The summed E-state index contributed by atoms with van der Waals surface area (Å²) in [6, 6.07) is 7.82. The molecule has 3 N–H and O–H groups in total. The lowest BCUT2D eigenvalue weighted by molar-refractivity contribution is -0.129. The minimum Gasteiger partial charge on any atom is -0.477 e. The summed E-state index contributed by atoms with van der Waals surface area (Å²) in [4.78, 5) is 24.0. The molecule has 1 aliphatic carbocycles. The summed E-state index contributed by atoms with van der Waals surface area (Å²) in [5.41, 5.74) is 7.09. The average molecular weight is 427 g/mol. The first-order valence-electron chi connectivity index (χ1n) is 12.1. The van der Waals surface area contributed by atoms with Crippen molar-refractivity contribution in [3.63, 3.8) is 0 Å². The Morgan fingerprint density at radius 1 is 1.10 bits per heavy atom. The molecular formula is C26H38N2O3. The molecule has 0 spiro atoms. The van der Waals surface area contributed by atoms with E-state index < -0.39 is 17.4 Å². The number of nitrogen functional groups attached to an aromatic ring is 1. The standard InChI is InChI=1S/C26H38N2O3/c1-3-5-6-7-10-19(9-4-2)20-11-8-16-26(18-20,21-12-14-22(27)15-13-21)31-23-17-24(29)28-25(23)30/h12-15,17,19-20H,3-11,16,18,27H2,1-2H3,(H,28,29,30). The monoisotopic (exact) mass is 426 g/mol. The summed E-state index contributed by atoms with van der Waals surface area (Å²) in [5, 5.41) is 2.31. The molecule has 0 saturated heterocycles. The largest absolute Gasteiger partial charge is 0.477 e. The van der Waals surface area contributed by atoms with Gasteiger partial charge in [0.2, 0.25) is 0 Å². The summed E-state index contributed by atoms with van der Waals surface area (Å²) < 4.78 is 6.44. The molecule has 0 radical (unpaired) electrons. The number of anilines is 1. The van der Waals surface area contributed by atoms with Gasteiger partial charge in [-0.2, -0.15) is 0 Å². The third kappa shape index (κ3) is 5.90. The number of unbranched alkanes of at least 4 members (excludes halogenated alkanes) is 3. The van der Waals surface area contributed by atoms with Gasteiger partial charge in [-0.1, -0.05) is 70.9 Å². The second kappa shape index (κ2) is 10.8. The van der Waals surface area contributed by atoms with Crippen LogP contribution in [0, 0.1) is 11.8 Å². The Morgan fingerprint density at radius 3 is 2.52 bits per heavy atom. The fraction of sp³-hybridized carbons (Fsp3) is 0.615. The molecule has 2 amide bonds. The van der Waals surface area contributed by atoms with Crippen LogP contribution in [-0.2, 0) is 19.9 Å². The minimum absolute atomic E-state index is 0.137. The molecule has 5 heteroatoms. The van der Waals surface area contributed by atoms with Gasteiger partial charge in [-0.3, -0.25) is 14.9 Å². The quantitative estimate of drug-likeness (QED) is 0.274. The number of nitrogens with two attached hydrogens (primary N) is 1. The zero-order valence-electron chi connectivity index (χ0n) is 19.1. The van der Waals surface area contributed by atoms with Crippen LogP contribution in [0.15, 0.2) is 36.1 Å². The highest BCUT2D eigenvalue weighted by Crippen LogP contribution is 2.48. The summed E-state index contributed by atoms with van der Waals surface area (Å²) in [6.45, 7) is 4.52. The topological polar surface area (TPSA) is 81.4 Å². The summed E-state index contributed by atoms with van der Waals surface area (Å²) in [7, 11) is 0. The summed E-state index contributed by atoms with van der Waals surface area (Å²) in [5.74, 6) is 0.518. The van der Waals surface area contributed by atoms with Crippen molar-refractivity contribution in [1.29, 1.82) is 0 Å². The van der Waals surface area contributed by atoms with E-state index in [1.165, 1.54) is 57.4 Å². The predicted octanol–water partition coefficient (Wildman–Crippen LogP) is 5.60. The van der Waals surface area contributed by atoms with Gasteiger partial charge in [-0.25, -0.2) is 0 Å². The van der Waals surface area contributed by atoms with E-state index in [4.69, 9.17) is 10.5 Å². The minimum atomic E-state index is -0.597. The molecule has 5 nitrogen and oxygen atoms in total. The van der Waals surface area contributed by atoms with Gasteiger partial charge >= 0.3 is 0 Å². The highest BCUT2D eigenvalue weighted by Gasteiger charge is 2.44. The summed E-state index contributed by atoms with van der Waals surface area (Å²) in [6.07, 6.45) is 14.1. The third-order valence-corrected chi connectivity index (χ3v) is 6.97. The van der Waals surface area contributed by atoms with Crippen LogP contribution in [0.1, 0.15) is 90.0 Å². The van der Waals surface area contributed by atoms with Crippen molar-refractivity contribution >= 4 is 17.5 Å². The fourth-order valence-electron chi connectivity index (χ4n) is 5.38. The van der Waals surface area contributed by atoms with Crippen LogP contribution in [0.5, 0.6) is 0 Å². The van der Waals surface area contributed by atoms with Crippen molar-refractivity contribution in [1.82, 2.24) is 5.32 Å². The van der Waals surface area contributed by atoms with E-state index in [1.54, 1.807) is 0 Å². The molecule has 3 unspecified atom stereocenters. The van der Waals surface area contributed by atoms with Crippen molar-refractivity contribution in [2.24, 2.45) is 11.8 Å². The lowest BCUT2D eigenvalue weighted by Gasteiger charge is -2.44. The molecule has 1 aliphatic heterocycles. The maximum Gasteiger partial charge on any atom is 0.293 e. The lowest BCUT2D eigenvalue weighted by Crippen LogP contribution is -2.39. The fourth-order valence-corrected chi connectivity index (χ4v) is 5.38. The molecule has 1 aromatic rings. The molecule has 2 aliphatic rings. The van der Waals surface area contributed by atoms with Gasteiger partial charge in [0.25, 0.3) is 11.8 Å². The van der Waals surface area contributed by atoms with Crippen molar-refractivity contribution in [2.45, 2.75) is 90.1 Å². The van der Waals surface area contributed by atoms with Gasteiger partial charge in [0.15, 0.2) is 5.76 Å². The van der Waals surface area contributed by atoms with Gasteiger partial charge in [0.05, 0.1) is 6.08 Å². The van der Waals surface area contributed by atoms with Gasteiger partial charge < -0.3 is 10.5 Å². The normalized spacial score (nSPS) is 24.6. The molecule has 31 heavy (non-hydrogen) atoms. The van der Waals surface area contributed by atoms with Gasteiger partial charge in [-0.15, -0.1) is 0 Å². The number of imide groups is 1. The molecule has 1 heterocycles. The van der Waals surface area contributed by atoms with Crippen molar-refractivity contribution < 1.29 is 14.3 Å². The Bertz CT molecular complexity index is 786. The summed E-state index contributed by atoms with van der Waals surface area (Å²) >= 11 is 0. The van der Waals surface area contributed by atoms with Gasteiger partial charge in [0.1, 0.15) is 5.60 Å². The smallest absolute Gasteiger partial charge is 0.293 e. The first-order valence-corrected chi connectivity index (χ1v) is 12.1. The second-order valence-corrected chi connectivity index (χ2v) is 9.30. The number of amides is 2. The number of rotatable bonds is 11. The maximum atomic E-state index is 12.3. The highest BCUT2D eigenvalue weighted by molar-refractivity contribution is 6.15. The average Bonchev–Trinajstić information content (AvgIpc) is 3.07. The first-order chi connectivity index (χ1) is 15.0. The number of carbonyl (C=O) groups is 2. The van der Waals surface area contributed by atoms with Crippen LogP contribution in [-0.4, -0.2) is 11.8 Å². The number of ether oxygens (including phenoxy) is 1. The van der Waals surface area contributed by atoms with E-state index >= 15 is 0 Å². The number of hydrogen-bond donors (Lipinski definition) is 2. The molecule has 0 bridgehead atoms. The maximum absolute atomic E-state index is 12.3. The molecule has 3 atom stereocenters. The molecular weight excluding hydrogens is 388 g/mol. The Labute approximate surface area is 186 Å². The van der Waals surface area contributed by atoms with Gasteiger partial charge in [-0.05, 0) is 55.2 Å². The molecule has 1 aromatic carbocycles. The van der Waals surface area contributed by atoms with Crippen LogP contribution in [0.3, 0.4) is 0 Å². The van der Waals surface area contributed by atoms with Crippen LogP contribution < -0.4 is 11.1 Å². The Balaban J connectivity index is 1.85. The highest BCUT2D eigenvalue weighted by atomic mass is 16.5. The van der Waals surface area contributed by atoms with E-state index in [0.29, 0.717) is 17.5 Å². The molecule has 1 fully saturated rings. The van der Waals surface area contributed by atoms with Crippen LogP contribution in [0.25, 0.3) is 0 Å². The number of benzene rings is 1. The van der Waals surface area contributed by atoms with Gasteiger partial charge in [0, 0.05) is 5.69 Å². The Hall–Kier alpha value is -2.30. The molecule has 3 rings (SSSR count). The zero-order valence-corrected chi connectivity index (χ0v) is 19.1. The number of hydrogen-bond acceptors (Lipinski definition) is 4.